The average Bonchev–Trinajstić information content (AvgIpc) is 1.76. The quantitative estimate of drug-likeness (QED) is 0.0310. The number of aliphatic hydroxyl groups excluding tert-OH is 1. The van der Waals surface area contributed by atoms with Gasteiger partial charge in [-0.2, -0.15) is 0 Å². The molecule has 3 fully saturated rings. The Labute approximate surface area is 779 Å². The third-order valence-corrected chi connectivity index (χ3v) is 26.2. The highest BCUT2D eigenvalue weighted by Gasteiger charge is 2.46. The second-order valence-electron chi connectivity index (χ2n) is 34.5. The van der Waals surface area contributed by atoms with Crippen molar-refractivity contribution in [2.75, 3.05) is 65.4 Å². The van der Waals surface area contributed by atoms with E-state index in [1.807, 2.05) is 37.4 Å². The average molecular weight is 1880 g/mol. The maximum absolute atomic E-state index is 15.7. The van der Waals surface area contributed by atoms with Gasteiger partial charge in [-0.3, -0.25) is 81.5 Å². The lowest BCUT2D eigenvalue weighted by molar-refractivity contribution is -0.149. The Bertz CT molecular complexity index is 5090. The van der Waals surface area contributed by atoms with Crippen LogP contribution in [0, 0.1) is 5.92 Å². The first-order valence-corrected chi connectivity index (χ1v) is 47.2. The van der Waals surface area contributed by atoms with Gasteiger partial charge in [0.05, 0.1) is 31.7 Å². The molecule has 0 aliphatic carbocycles. The lowest BCUT2D eigenvalue weighted by atomic mass is 10.00. The van der Waals surface area contributed by atoms with Crippen molar-refractivity contribution >= 4 is 145 Å². The van der Waals surface area contributed by atoms with Crippen molar-refractivity contribution < 1.29 is 91.7 Å². The van der Waals surface area contributed by atoms with Crippen molar-refractivity contribution in [3.05, 3.63) is 119 Å². The Morgan fingerprint density at radius 3 is 1.71 bits per heavy atom. The van der Waals surface area contributed by atoms with Crippen molar-refractivity contribution in [1.29, 1.82) is 0 Å². The van der Waals surface area contributed by atoms with Crippen molar-refractivity contribution in [3.63, 3.8) is 0 Å². The zero-order valence-corrected chi connectivity index (χ0v) is 78.0. The van der Waals surface area contributed by atoms with Crippen LogP contribution in [-0.4, -0.2) is 300 Å². The first-order valence-electron chi connectivity index (χ1n) is 45.2. The van der Waals surface area contributed by atoms with E-state index in [1.54, 1.807) is 50.4 Å². The van der Waals surface area contributed by atoms with Crippen LogP contribution < -0.4 is 70.4 Å². The predicted octanol–water partition coefficient (Wildman–Crippen LogP) is -0.301. The molecule has 133 heavy (non-hydrogen) atoms. The molecular formula is C91H127N21O19S2. The molecule has 17 amide bonds. The number of carbonyl (C=O) groups excluding carboxylic acids is 17. The molecule has 20 N–H and O–H groups in total. The summed E-state index contributed by atoms with van der Waals surface area (Å²) in [6.45, 7) is 6.96. The van der Waals surface area contributed by atoms with E-state index in [0.717, 1.165) is 31.6 Å². The zero-order valence-electron chi connectivity index (χ0n) is 76.3. The van der Waals surface area contributed by atoms with Gasteiger partial charge in [0.1, 0.15) is 90.3 Å². The number of likely N-dealkylation sites (N-methyl/N-ethyl adjacent to an activating group) is 3. The molecule has 0 saturated carbocycles. The van der Waals surface area contributed by atoms with Crippen LogP contribution in [-0.2, 0) is 107 Å². The van der Waals surface area contributed by atoms with Crippen molar-refractivity contribution in [2.45, 2.75) is 241 Å². The number of phenols is 1. The first kappa shape index (κ1) is 104. The van der Waals surface area contributed by atoms with Crippen LogP contribution in [0.25, 0.3) is 21.0 Å². The van der Waals surface area contributed by atoms with Gasteiger partial charge in [-0.25, -0.2) is 4.98 Å². The minimum atomic E-state index is -1.83. The minimum Gasteiger partial charge on any atom is -0.508 e. The maximum atomic E-state index is 15.7. The summed E-state index contributed by atoms with van der Waals surface area (Å²) in [4.78, 5) is 266. The molecule has 40 nitrogen and oxygen atoms in total. The highest BCUT2D eigenvalue weighted by molar-refractivity contribution is 8.00. The van der Waals surface area contributed by atoms with E-state index < -0.39 is 216 Å². The van der Waals surface area contributed by atoms with Gasteiger partial charge in [0.25, 0.3) is 0 Å². The number of fused-ring (bicyclic) bond motifs is 4. The van der Waals surface area contributed by atoms with Gasteiger partial charge in [-0.1, -0.05) is 102 Å². The van der Waals surface area contributed by atoms with Gasteiger partial charge in [0.2, 0.25) is 100 Å². The number of thiophene rings is 1. The highest BCUT2D eigenvalue weighted by atomic mass is 32.2. The lowest BCUT2D eigenvalue weighted by Crippen LogP contribution is -2.62. The molecule has 14 atom stereocenters. The number of aromatic hydroxyl groups is 1. The number of imidazole rings is 1. The molecule has 3 aromatic heterocycles. The van der Waals surface area contributed by atoms with Crippen LogP contribution in [0.4, 0.5) is 0 Å². The number of unbranched alkanes of at least 4 members (excludes halogenated alkanes) is 3. The molecule has 3 saturated heterocycles. The van der Waals surface area contributed by atoms with Crippen LogP contribution in [0.5, 0.6) is 5.75 Å². The largest absolute Gasteiger partial charge is 0.508 e. The second-order valence-corrected chi connectivity index (χ2v) is 36.4. The van der Waals surface area contributed by atoms with Crippen molar-refractivity contribution in [3.8, 4) is 5.75 Å². The summed E-state index contributed by atoms with van der Waals surface area (Å²) in [6, 6.07) is -0.658. The normalized spacial score (nSPS) is 24.5. The Morgan fingerprint density at radius 1 is 0.541 bits per heavy atom. The molecule has 0 radical (unpaired) electrons. The number of hydrogen-bond donors (Lipinski definition) is 17. The second kappa shape index (κ2) is 50.3. The van der Waals surface area contributed by atoms with Crippen LogP contribution in [0.2, 0.25) is 0 Å². The topological polar surface area (TPSA) is 590 Å². The van der Waals surface area contributed by atoms with E-state index in [9.17, 15) is 53.4 Å². The molecule has 3 aliphatic heterocycles. The van der Waals surface area contributed by atoms with Gasteiger partial charge in [0.15, 0.2) is 0 Å². The summed E-state index contributed by atoms with van der Waals surface area (Å²) in [7, 11) is 4.00. The number of carbonyl (C=O) groups is 17. The van der Waals surface area contributed by atoms with Crippen molar-refractivity contribution in [1.82, 2.24) is 92.6 Å². The number of hydrogen-bond acceptors (Lipinski definition) is 23. The van der Waals surface area contributed by atoms with Gasteiger partial charge < -0.3 is 115 Å². The number of nitrogens with one attached hydrogen (secondary N) is 12. The number of thioether (sulfide) groups is 1. The summed E-state index contributed by atoms with van der Waals surface area (Å²) < 4.78 is 0.836. The number of aliphatic hydroxyl groups is 1. The van der Waals surface area contributed by atoms with Crippen LogP contribution in [0.15, 0.2) is 96.9 Å². The van der Waals surface area contributed by atoms with E-state index in [2.05, 4.69) is 68.1 Å². The van der Waals surface area contributed by atoms with Crippen LogP contribution in [0.3, 0.4) is 0 Å². The Balaban J connectivity index is 1.09. The highest BCUT2D eigenvalue weighted by Crippen LogP contribution is 2.30. The van der Waals surface area contributed by atoms with E-state index in [0.29, 0.717) is 65.4 Å². The lowest BCUT2D eigenvalue weighted by Gasteiger charge is -2.36. The molecule has 0 bridgehead atoms. The number of H-pyrrole nitrogens is 2. The molecule has 42 heteroatoms. The monoisotopic (exact) mass is 1880 g/mol. The third kappa shape index (κ3) is 29.0. The fraction of sp³-hybridized carbons (Fsp3) is 0.538. The molecule has 3 aromatic carbocycles. The number of aromatic amines is 2. The third-order valence-electron chi connectivity index (χ3n) is 24.1. The first-order chi connectivity index (χ1) is 63.5. The smallest absolute Gasteiger partial charge is 0.246 e. The van der Waals surface area contributed by atoms with Gasteiger partial charge in [0, 0.05) is 99.4 Å². The van der Waals surface area contributed by atoms with Crippen LogP contribution >= 0.6 is 23.1 Å². The molecule has 9 rings (SSSR count). The molecule has 6 aromatic rings. The maximum Gasteiger partial charge on any atom is 0.246 e. The summed E-state index contributed by atoms with van der Waals surface area (Å²) >= 11 is 2.17. The molecule has 6 heterocycles. The van der Waals surface area contributed by atoms with Gasteiger partial charge >= 0.3 is 0 Å². The summed E-state index contributed by atoms with van der Waals surface area (Å²) in [5.74, 6) is -16.4. The van der Waals surface area contributed by atoms with E-state index >= 15 is 38.4 Å². The summed E-state index contributed by atoms with van der Waals surface area (Å²) in [5, 5.41) is 51.6. The summed E-state index contributed by atoms with van der Waals surface area (Å²) in [5.41, 5.74) is 19.7. The van der Waals surface area contributed by atoms with Gasteiger partial charge in [-0.15, -0.1) is 23.1 Å². The van der Waals surface area contributed by atoms with E-state index in [4.69, 9.17) is 17.2 Å². The van der Waals surface area contributed by atoms with Crippen molar-refractivity contribution in [2.24, 2.45) is 23.1 Å². The fourth-order valence-electron chi connectivity index (χ4n) is 16.6. The number of aromatic nitrogens is 3. The Morgan fingerprint density at radius 2 is 1.09 bits per heavy atom. The molecule has 722 valence electrons. The number of para-hydroxylation sites is 1. The number of nitrogens with two attached hydrogens (primary N) is 3. The number of amides is 17. The molecular weight excluding hydrogens is 1760 g/mol. The fourth-order valence-corrected chi connectivity index (χ4v) is 18.5. The number of phenolic OH excluding ortho intramolecular Hbond substituents is 1. The van der Waals surface area contributed by atoms with E-state index in [1.165, 1.54) is 90.9 Å². The predicted molar refractivity (Wildman–Crippen MR) is 496 cm³/mol. The minimum absolute atomic E-state index is 0.00132. The standard InChI is InChI=1S/C91H127N21O19S2/c1-9-11-25-70-84(124)100-61(24-17-18-34-92)80(120)107-69(79(119)97-45-76(94)116)48-132-49-77(117)99-65(38-53-30-32-57(114)33-31-53)87(127)108(6)52(5)78(118)103-67(42-75(93)115)90(130)112-36-20-28-72(112)86(126)102-63(41-56-44-95-50-98-56)82(122)104-64(37-51(3)4)89(129)111-35-19-27-71(111)85(125)101-62(39-54-43-96-60-23-15-13-21-58(54)60)81(121)106-68(46-113)83(123)105-66(40-55-47-133-74-29-16-14-22-59(55)74)88(128)110(8)73(26-12-10-2)91(131)109(70)7/h13-16,21-23,29-33,43-44,47,50-52,61-73,96,113-114H,9-12,17-20,24-28,34-42,45-46,48-49,92H2,1-8H3,(H2,93,115)(H2,94,116)(H,95,98)(H,97,119)(H,99,117)(H,100,124)(H,101,125)(H,102,126)(H,103,118)(H,104,122)(H,105,123)(H,106,121)(H,107,120)/t52-,61-,62-,63-,64-,65-,66-,67-,68-,69-,70-,71?,72-,73-/m0/s1. The molecule has 1 unspecified atom stereocenters. The van der Waals surface area contributed by atoms with Gasteiger partial charge in [-0.05, 0) is 135 Å². The molecule has 0 spiro atoms. The van der Waals surface area contributed by atoms with Crippen LogP contribution in [0.1, 0.15) is 153 Å². The number of rotatable bonds is 26. The summed E-state index contributed by atoms with van der Waals surface area (Å²) in [6.07, 6.45) is 5.63. The number of nitrogens with zero attached hydrogens (tertiary/aromatic N) is 6. The Kier molecular flexibility index (Phi) is 39.4. The molecule has 3 aliphatic rings. The Hall–Kier alpha value is -12.6. The SMILES string of the molecule is CCCC[C@H]1C(=O)N(C)[C@@H](CCCC)C(=O)N[C@@H](CCCCN)C(=O)N[C@H](C(=O)NCC(N)=O)CSCC(=O)N[C@@H](Cc2ccc(O)cc2)C(=O)N(C)[C@@H](C)C(=O)N[C@@H](CC(N)=O)C(=O)N2CCC[C@H]2C(=O)N[C@@H](Cc2cnc[nH]2)C(=O)N[C@@H](CC(C)C)C(=O)N2CCCC2C(=O)N[C@@H](Cc2c[nH]c3ccccc23)C(=O)N[C@@H](CO)C(=O)N[C@@H](Cc2csc3ccccc23)C(=O)N1C. The number of benzene rings is 3. The van der Waals surface area contributed by atoms with E-state index in [-0.39, 0.29) is 115 Å². The number of primary amides is 2. The zero-order chi connectivity index (χ0) is 96.9.